The number of nitrogen functional groups attached to an aromatic ring is 1. The van der Waals surface area contributed by atoms with Crippen molar-refractivity contribution >= 4 is 16.6 Å². The van der Waals surface area contributed by atoms with Crippen molar-refractivity contribution < 1.29 is 4.74 Å². The van der Waals surface area contributed by atoms with Crippen molar-refractivity contribution in [1.29, 1.82) is 0 Å². The van der Waals surface area contributed by atoms with Gasteiger partial charge < -0.3 is 10.5 Å². The minimum atomic E-state index is 0.415. The summed E-state index contributed by atoms with van der Waals surface area (Å²) in [5.41, 5.74) is 9.57. The molecule has 0 fully saturated rings. The number of hydrogen-bond donors (Lipinski definition) is 1. The van der Waals surface area contributed by atoms with E-state index in [9.17, 15) is 0 Å². The minimum Gasteiger partial charge on any atom is -0.485 e. The Morgan fingerprint density at radius 1 is 1.00 bits per heavy atom. The Bertz CT molecular complexity index is 753. The molecule has 0 unspecified atom stereocenters. The molecule has 3 aromatic rings. The molecule has 0 aliphatic heterocycles. The molecular formula is C17H16N2O. The van der Waals surface area contributed by atoms with Gasteiger partial charge in [-0.05, 0) is 30.7 Å². The number of fused-ring (bicyclic) bond motifs is 1. The zero-order valence-corrected chi connectivity index (χ0v) is 11.3. The van der Waals surface area contributed by atoms with Gasteiger partial charge in [-0.25, -0.2) is 4.98 Å². The smallest absolute Gasteiger partial charge is 0.143 e. The first kappa shape index (κ1) is 12.5. The molecular weight excluding hydrogens is 248 g/mol. The maximum Gasteiger partial charge on any atom is 0.143 e. The van der Waals surface area contributed by atoms with Gasteiger partial charge in [0, 0.05) is 5.39 Å². The van der Waals surface area contributed by atoms with Gasteiger partial charge in [0.1, 0.15) is 12.4 Å². The number of benzene rings is 2. The summed E-state index contributed by atoms with van der Waals surface area (Å²) < 4.78 is 5.77. The lowest BCUT2D eigenvalue weighted by atomic mass is 10.2. The first-order valence-electron chi connectivity index (χ1n) is 6.56. The van der Waals surface area contributed by atoms with Gasteiger partial charge in [0.15, 0.2) is 0 Å². The van der Waals surface area contributed by atoms with Gasteiger partial charge >= 0.3 is 0 Å². The Kier molecular flexibility index (Phi) is 3.25. The van der Waals surface area contributed by atoms with Crippen LogP contribution in [0.1, 0.15) is 11.3 Å². The monoisotopic (exact) mass is 264 g/mol. The Balaban J connectivity index is 1.81. The third kappa shape index (κ3) is 2.43. The predicted molar refractivity (Wildman–Crippen MR) is 81.7 cm³/mol. The van der Waals surface area contributed by atoms with Crippen LogP contribution in [0.2, 0.25) is 0 Å². The molecule has 0 amide bonds. The normalized spacial score (nSPS) is 10.7. The molecule has 3 nitrogen and oxygen atoms in total. The van der Waals surface area contributed by atoms with Gasteiger partial charge in [0.2, 0.25) is 0 Å². The number of hydrogen-bond acceptors (Lipinski definition) is 3. The van der Waals surface area contributed by atoms with E-state index in [0.717, 1.165) is 22.2 Å². The van der Waals surface area contributed by atoms with Crippen molar-refractivity contribution in [3.63, 3.8) is 0 Å². The van der Waals surface area contributed by atoms with Gasteiger partial charge in [-0.2, -0.15) is 0 Å². The van der Waals surface area contributed by atoms with Gasteiger partial charge in [0.25, 0.3) is 0 Å². The molecule has 0 radical (unpaired) electrons. The third-order valence-corrected chi connectivity index (χ3v) is 3.32. The summed E-state index contributed by atoms with van der Waals surface area (Å²) in [6, 6.07) is 17.9. The Morgan fingerprint density at radius 3 is 2.75 bits per heavy atom. The van der Waals surface area contributed by atoms with Gasteiger partial charge in [-0.3, -0.25) is 0 Å². The van der Waals surface area contributed by atoms with Crippen LogP contribution in [0.15, 0.2) is 54.6 Å². The lowest BCUT2D eigenvalue weighted by molar-refractivity contribution is 0.303. The largest absolute Gasteiger partial charge is 0.485 e. The van der Waals surface area contributed by atoms with Crippen LogP contribution in [0.25, 0.3) is 10.9 Å². The van der Waals surface area contributed by atoms with Gasteiger partial charge in [0.05, 0.1) is 16.9 Å². The van der Waals surface area contributed by atoms with Crippen molar-refractivity contribution in [2.24, 2.45) is 0 Å². The van der Waals surface area contributed by atoms with Crippen LogP contribution in [0, 0.1) is 6.92 Å². The molecule has 1 heterocycles. The number of aromatic nitrogens is 1. The van der Waals surface area contributed by atoms with Crippen molar-refractivity contribution in [2.45, 2.75) is 13.5 Å². The summed E-state index contributed by atoms with van der Waals surface area (Å²) in [4.78, 5) is 4.58. The highest BCUT2D eigenvalue weighted by Gasteiger charge is 2.04. The summed E-state index contributed by atoms with van der Waals surface area (Å²) in [7, 11) is 0. The fraction of sp³-hybridized carbons (Fsp3) is 0.118. The molecule has 0 saturated carbocycles. The summed E-state index contributed by atoms with van der Waals surface area (Å²) in [5.74, 6) is 0.708. The van der Waals surface area contributed by atoms with Crippen LogP contribution in [0.3, 0.4) is 0 Å². The standard InChI is InChI=1S/C17H16N2O/c1-12-5-4-8-16(17(12)18)20-11-14-10-9-13-6-2-3-7-15(13)19-14/h2-10H,11,18H2,1H3. The lowest BCUT2D eigenvalue weighted by Crippen LogP contribution is -2.01. The molecule has 1 aromatic heterocycles. The topological polar surface area (TPSA) is 48.1 Å². The van der Waals surface area contributed by atoms with E-state index in [4.69, 9.17) is 10.5 Å². The molecule has 0 aliphatic rings. The van der Waals surface area contributed by atoms with Gasteiger partial charge in [-0.15, -0.1) is 0 Å². The fourth-order valence-corrected chi connectivity index (χ4v) is 2.12. The van der Waals surface area contributed by atoms with Crippen LogP contribution >= 0.6 is 0 Å². The van der Waals surface area contributed by atoms with Crippen LogP contribution < -0.4 is 10.5 Å². The van der Waals surface area contributed by atoms with Crippen LogP contribution in [-0.4, -0.2) is 4.98 Å². The SMILES string of the molecule is Cc1cccc(OCc2ccc3ccccc3n2)c1N. The first-order chi connectivity index (χ1) is 9.74. The molecule has 0 aliphatic carbocycles. The van der Waals surface area contributed by atoms with E-state index in [1.54, 1.807) is 0 Å². The van der Waals surface area contributed by atoms with Crippen LogP contribution in [-0.2, 0) is 6.61 Å². The van der Waals surface area contributed by atoms with Crippen LogP contribution in [0.5, 0.6) is 5.75 Å². The second kappa shape index (κ2) is 5.21. The van der Waals surface area contributed by atoms with E-state index in [0.29, 0.717) is 18.0 Å². The minimum absolute atomic E-state index is 0.415. The Labute approximate surface area is 118 Å². The number of aryl methyl sites for hydroxylation is 1. The van der Waals surface area contributed by atoms with Crippen molar-refractivity contribution in [3.8, 4) is 5.75 Å². The summed E-state index contributed by atoms with van der Waals surface area (Å²) in [5, 5.41) is 1.13. The Morgan fingerprint density at radius 2 is 1.85 bits per heavy atom. The fourth-order valence-electron chi connectivity index (χ4n) is 2.12. The molecule has 0 spiro atoms. The van der Waals surface area contributed by atoms with Crippen molar-refractivity contribution in [1.82, 2.24) is 4.98 Å². The maximum atomic E-state index is 5.99. The second-order valence-electron chi connectivity index (χ2n) is 4.77. The highest BCUT2D eigenvalue weighted by Crippen LogP contribution is 2.25. The number of nitrogens with zero attached hydrogens (tertiary/aromatic N) is 1. The molecule has 0 saturated heterocycles. The van der Waals surface area contributed by atoms with Crippen molar-refractivity contribution in [2.75, 3.05) is 5.73 Å². The average molecular weight is 264 g/mol. The first-order valence-corrected chi connectivity index (χ1v) is 6.56. The number of ether oxygens (including phenoxy) is 1. The number of pyridine rings is 1. The molecule has 0 atom stereocenters. The molecule has 0 bridgehead atoms. The summed E-state index contributed by atoms with van der Waals surface area (Å²) in [6.45, 7) is 2.38. The maximum absolute atomic E-state index is 5.99. The number of anilines is 1. The highest BCUT2D eigenvalue weighted by atomic mass is 16.5. The predicted octanol–water partition coefficient (Wildman–Crippen LogP) is 3.70. The molecule has 2 aromatic carbocycles. The van der Waals surface area contributed by atoms with E-state index < -0.39 is 0 Å². The number of nitrogens with two attached hydrogens (primary N) is 1. The van der Waals surface area contributed by atoms with Gasteiger partial charge in [-0.1, -0.05) is 36.4 Å². The zero-order chi connectivity index (χ0) is 13.9. The molecule has 2 N–H and O–H groups in total. The average Bonchev–Trinajstić information content (AvgIpc) is 2.48. The van der Waals surface area contributed by atoms with E-state index in [-0.39, 0.29) is 0 Å². The number of rotatable bonds is 3. The molecule has 3 heteroatoms. The third-order valence-electron chi connectivity index (χ3n) is 3.32. The Hall–Kier alpha value is -2.55. The highest BCUT2D eigenvalue weighted by molar-refractivity contribution is 5.78. The van der Waals surface area contributed by atoms with Crippen LogP contribution in [0.4, 0.5) is 5.69 Å². The lowest BCUT2D eigenvalue weighted by Gasteiger charge is -2.10. The molecule has 20 heavy (non-hydrogen) atoms. The zero-order valence-electron chi connectivity index (χ0n) is 11.3. The molecule has 3 rings (SSSR count). The van der Waals surface area contributed by atoms with E-state index in [1.165, 1.54) is 0 Å². The summed E-state index contributed by atoms with van der Waals surface area (Å²) >= 11 is 0. The molecule has 100 valence electrons. The number of para-hydroxylation sites is 2. The summed E-state index contributed by atoms with van der Waals surface area (Å²) in [6.07, 6.45) is 0. The second-order valence-corrected chi connectivity index (χ2v) is 4.77. The van der Waals surface area contributed by atoms with E-state index in [2.05, 4.69) is 11.1 Å². The van der Waals surface area contributed by atoms with E-state index in [1.807, 2.05) is 55.5 Å². The quantitative estimate of drug-likeness (QED) is 0.734. The van der Waals surface area contributed by atoms with E-state index >= 15 is 0 Å². The van der Waals surface area contributed by atoms with Crippen molar-refractivity contribution in [3.05, 3.63) is 65.9 Å².